The highest BCUT2D eigenvalue weighted by Crippen LogP contribution is 2.31. The van der Waals surface area contributed by atoms with Crippen LogP contribution >= 0.6 is 0 Å². The molecule has 0 saturated carbocycles. The Morgan fingerprint density at radius 1 is 1.05 bits per heavy atom. The van der Waals surface area contributed by atoms with Crippen molar-refractivity contribution in [2.75, 3.05) is 5.32 Å². The largest absolute Gasteiger partial charge is 0.389 e. The van der Waals surface area contributed by atoms with Gasteiger partial charge in [-0.25, -0.2) is 0 Å². The summed E-state index contributed by atoms with van der Waals surface area (Å²) in [5.41, 5.74) is 0.709. The van der Waals surface area contributed by atoms with Crippen LogP contribution in [0.15, 0.2) is 42.5 Å². The van der Waals surface area contributed by atoms with Crippen LogP contribution in [0.5, 0.6) is 0 Å². The molecule has 0 aliphatic rings. The van der Waals surface area contributed by atoms with E-state index in [2.05, 4.69) is 5.32 Å². The van der Waals surface area contributed by atoms with Crippen LogP contribution < -0.4 is 5.32 Å². The zero-order valence-electron chi connectivity index (χ0n) is 11.6. The van der Waals surface area contributed by atoms with Crippen molar-refractivity contribution in [3.05, 3.63) is 68.3 Å². The molecule has 1 atom stereocenters. The van der Waals surface area contributed by atoms with E-state index in [-0.39, 0.29) is 17.1 Å². The number of benzene rings is 2. The quantitative estimate of drug-likeness (QED) is 0.646. The summed E-state index contributed by atoms with van der Waals surface area (Å²) in [7, 11) is 0. The zero-order valence-corrected chi connectivity index (χ0v) is 11.6. The van der Waals surface area contributed by atoms with E-state index in [9.17, 15) is 25.3 Å². The van der Waals surface area contributed by atoms with Crippen LogP contribution in [0.1, 0.15) is 18.6 Å². The molecule has 1 unspecified atom stereocenters. The molecule has 8 nitrogen and oxygen atoms in total. The molecule has 0 radical (unpaired) electrons. The molecule has 0 bridgehead atoms. The van der Waals surface area contributed by atoms with Crippen molar-refractivity contribution in [3.63, 3.8) is 0 Å². The second kappa shape index (κ2) is 6.19. The van der Waals surface area contributed by atoms with Gasteiger partial charge in [0.2, 0.25) is 0 Å². The predicted octanol–water partition coefficient (Wildman–Crippen LogP) is 3.30. The molecule has 0 amide bonds. The average Bonchev–Trinajstić information content (AvgIpc) is 2.47. The van der Waals surface area contributed by atoms with Crippen molar-refractivity contribution in [2.45, 2.75) is 13.0 Å². The van der Waals surface area contributed by atoms with Gasteiger partial charge in [-0.3, -0.25) is 20.2 Å². The van der Waals surface area contributed by atoms with Crippen LogP contribution in [0.2, 0.25) is 0 Å². The Hall–Kier alpha value is -3.00. The highest BCUT2D eigenvalue weighted by molar-refractivity contribution is 5.71. The Balaban J connectivity index is 2.32. The lowest BCUT2D eigenvalue weighted by molar-refractivity contribution is -0.393. The van der Waals surface area contributed by atoms with E-state index >= 15 is 0 Å². The topological polar surface area (TPSA) is 119 Å². The molecule has 2 rings (SSSR count). The lowest BCUT2D eigenvalue weighted by atomic mass is 10.1. The van der Waals surface area contributed by atoms with Gasteiger partial charge in [-0.1, -0.05) is 12.1 Å². The number of hydrogen-bond donors (Lipinski definition) is 2. The third-order valence-electron chi connectivity index (χ3n) is 3.06. The molecule has 8 heteroatoms. The Kier molecular flexibility index (Phi) is 4.33. The number of nitrogens with one attached hydrogen (secondary N) is 1. The third-order valence-corrected chi connectivity index (χ3v) is 3.06. The third kappa shape index (κ3) is 3.36. The van der Waals surface area contributed by atoms with Crippen molar-refractivity contribution in [1.29, 1.82) is 0 Å². The monoisotopic (exact) mass is 303 g/mol. The molecule has 2 aromatic carbocycles. The number of hydrogen-bond acceptors (Lipinski definition) is 6. The minimum atomic E-state index is -0.686. The number of non-ortho nitro benzene ring substituents is 1. The van der Waals surface area contributed by atoms with Gasteiger partial charge >= 0.3 is 0 Å². The molecular formula is C14H13N3O5. The molecule has 2 N–H and O–H groups in total. The summed E-state index contributed by atoms with van der Waals surface area (Å²) in [6.45, 7) is 1.63. The summed E-state index contributed by atoms with van der Waals surface area (Å²) >= 11 is 0. The number of aliphatic hydroxyl groups is 1. The first-order valence-corrected chi connectivity index (χ1v) is 6.36. The van der Waals surface area contributed by atoms with E-state index < -0.39 is 16.0 Å². The average molecular weight is 303 g/mol. The molecule has 0 heterocycles. The van der Waals surface area contributed by atoms with Crippen LogP contribution in [0.25, 0.3) is 0 Å². The van der Waals surface area contributed by atoms with Gasteiger partial charge in [0.15, 0.2) is 0 Å². The minimum Gasteiger partial charge on any atom is -0.389 e. The molecule has 0 saturated heterocycles. The Morgan fingerprint density at radius 2 is 1.68 bits per heavy atom. The SMILES string of the molecule is CC(O)c1ccc(Nc2ccc([N+](=O)[O-])cc2[N+](=O)[O-])cc1. The Bertz CT molecular complexity index is 713. The number of aliphatic hydroxyl groups excluding tert-OH is 1. The zero-order chi connectivity index (χ0) is 16.3. The molecule has 114 valence electrons. The maximum atomic E-state index is 11.0. The minimum absolute atomic E-state index is 0.153. The van der Waals surface area contributed by atoms with Crippen molar-refractivity contribution in [3.8, 4) is 0 Å². The fourth-order valence-corrected chi connectivity index (χ4v) is 1.89. The second-order valence-corrected chi connectivity index (χ2v) is 4.64. The standard InChI is InChI=1S/C14H13N3O5/c1-9(18)10-2-4-11(5-3-10)15-13-7-6-12(16(19)20)8-14(13)17(21)22/h2-9,15,18H,1H3. The van der Waals surface area contributed by atoms with Crippen molar-refractivity contribution in [1.82, 2.24) is 0 Å². The molecule has 2 aromatic rings. The first-order valence-electron chi connectivity index (χ1n) is 6.36. The number of anilines is 2. The van der Waals surface area contributed by atoms with E-state index in [1.54, 1.807) is 31.2 Å². The lowest BCUT2D eigenvalue weighted by Gasteiger charge is -2.09. The van der Waals surface area contributed by atoms with Gasteiger partial charge in [0.05, 0.1) is 22.0 Å². The second-order valence-electron chi connectivity index (χ2n) is 4.64. The van der Waals surface area contributed by atoms with E-state index in [1.165, 1.54) is 12.1 Å². The number of nitro groups is 2. The fourth-order valence-electron chi connectivity index (χ4n) is 1.89. The Labute approximate surface area is 125 Å². The van der Waals surface area contributed by atoms with Gasteiger partial charge in [0.1, 0.15) is 5.69 Å². The van der Waals surface area contributed by atoms with Crippen LogP contribution in [0.3, 0.4) is 0 Å². The van der Waals surface area contributed by atoms with E-state index in [0.29, 0.717) is 11.3 Å². The smallest absolute Gasteiger partial charge is 0.299 e. The highest BCUT2D eigenvalue weighted by Gasteiger charge is 2.19. The first kappa shape index (κ1) is 15.4. The van der Waals surface area contributed by atoms with Gasteiger partial charge in [-0.05, 0) is 30.7 Å². The number of nitro benzene ring substituents is 2. The lowest BCUT2D eigenvalue weighted by Crippen LogP contribution is -1.99. The summed E-state index contributed by atoms with van der Waals surface area (Å²) in [5, 5.41) is 34.0. The Morgan fingerprint density at radius 3 is 2.18 bits per heavy atom. The summed E-state index contributed by atoms with van der Waals surface area (Å²) < 4.78 is 0. The van der Waals surface area contributed by atoms with Gasteiger partial charge in [0.25, 0.3) is 11.4 Å². The fraction of sp³-hybridized carbons (Fsp3) is 0.143. The summed E-state index contributed by atoms with van der Waals surface area (Å²) in [6.07, 6.45) is -0.609. The summed E-state index contributed by atoms with van der Waals surface area (Å²) in [5.74, 6) is 0. The normalized spacial score (nSPS) is 11.7. The maximum absolute atomic E-state index is 11.0. The maximum Gasteiger partial charge on any atom is 0.299 e. The summed E-state index contributed by atoms with van der Waals surface area (Å²) in [4.78, 5) is 20.4. The van der Waals surface area contributed by atoms with Crippen molar-refractivity contribution >= 4 is 22.7 Å². The van der Waals surface area contributed by atoms with Gasteiger partial charge in [-0.2, -0.15) is 0 Å². The molecule has 0 fully saturated rings. The van der Waals surface area contributed by atoms with Gasteiger partial charge in [0, 0.05) is 11.8 Å². The highest BCUT2D eigenvalue weighted by atomic mass is 16.6. The van der Waals surface area contributed by atoms with Crippen LogP contribution in [-0.4, -0.2) is 15.0 Å². The summed E-state index contributed by atoms with van der Waals surface area (Å²) in [6, 6.07) is 10.1. The molecule has 0 spiro atoms. The molecule has 22 heavy (non-hydrogen) atoms. The van der Waals surface area contributed by atoms with E-state index in [4.69, 9.17) is 0 Å². The molecule has 0 aromatic heterocycles. The van der Waals surface area contributed by atoms with E-state index in [1.807, 2.05) is 0 Å². The molecule has 0 aliphatic heterocycles. The number of rotatable bonds is 5. The molecule has 0 aliphatic carbocycles. The molecular weight excluding hydrogens is 290 g/mol. The van der Waals surface area contributed by atoms with Crippen molar-refractivity contribution < 1.29 is 15.0 Å². The van der Waals surface area contributed by atoms with E-state index in [0.717, 1.165) is 6.07 Å². The van der Waals surface area contributed by atoms with Crippen LogP contribution in [0.4, 0.5) is 22.7 Å². The van der Waals surface area contributed by atoms with Crippen LogP contribution in [0, 0.1) is 20.2 Å². The number of nitrogens with zero attached hydrogens (tertiary/aromatic N) is 2. The van der Waals surface area contributed by atoms with Gasteiger partial charge in [-0.15, -0.1) is 0 Å². The predicted molar refractivity (Wildman–Crippen MR) is 80.1 cm³/mol. The first-order chi connectivity index (χ1) is 10.4. The van der Waals surface area contributed by atoms with Crippen LogP contribution in [-0.2, 0) is 0 Å². The van der Waals surface area contributed by atoms with Crippen molar-refractivity contribution in [2.24, 2.45) is 0 Å². The van der Waals surface area contributed by atoms with Gasteiger partial charge < -0.3 is 10.4 Å².